The quantitative estimate of drug-likeness (QED) is 0.666. The SMILES string of the molecule is CC1CCCc2cccc(N3CCc4c(nc(OC[C@@H]5CCCN5C)nc4N4CC5CCC(C4)N5)C3)c21. The van der Waals surface area contributed by atoms with Crippen molar-refractivity contribution < 1.29 is 4.74 Å². The topological polar surface area (TPSA) is 56.8 Å². The zero-order chi connectivity index (χ0) is 24.9. The Morgan fingerprint density at radius 3 is 2.65 bits per heavy atom. The molecule has 2 bridgehead atoms. The summed E-state index contributed by atoms with van der Waals surface area (Å²) in [5.74, 6) is 1.77. The number of piperazine rings is 1. The predicted octanol–water partition coefficient (Wildman–Crippen LogP) is 3.89. The number of ether oxygens (including phenoxy) is 1. The molecule has 2 aromatic rings. The summed E-state index contributed by atoms with van der Waals surface area (Å²) >= 11 is 0. The molecular formula is C30H42N6O. The van der Waals surface area contributed by atoms with Crippen LogP contribution in [0.15, 0.2) is 18.2 Å². The van der Waals surface area contributed by atoms with E-state index in [1.165, 1.54) is 56.2 Å². The van der Waals surface area contributed by atoms with Gasteiger partial charge in [-0.2, -0.15) is 9.97 Å². The van der Waals surface area contributed by atoms with E-state index in [4.69, 9.17) is 14.7 Å². The molecule has 0 spiro atoms. The smallest absolute Gasteiger partial charge is 0.318 e. The minimum atomic E-state index is 0.465. The van der Waals surface area contributed by atoms with Gasteiger partial charge in [0.1, 0.15) is 12.4 Å². The van der Waals surface area contributed by atoms with Gasteiger partial charge in [0, 0.05) is 49.0 Å². The fourth-order valence-corrected chi connectivity index (χ4v) is 7.66. The number of nitrogens with zero attached hydrogens (tertiary/aromatic N) is 5. The number of anilines is 2. The number of hydrogen-bond acceptors (Lipinski definition) is 7. The average Bonchev–Trinajstić information content (AvgIpc) is 3.49. The molecule has 3 saturated heterocycles. The third-order valence-corrected chi connectivity index (χ3v) is 9.71. The first-order valence-corrected chi connectivity index (χ1v) is 14.7. The Morgan fingerprint density at radius 1 is 0.973 bits per heavy atom. The number of aromatic nitrogens is 2. The number of hydrogen-bond donors (Lipinski definition) is 1. The van der Waals surface area contributed by atoms with Crippen molar-refractivity contribution in [2.24, 2.45) is 0 Å². The second-order valence-corrected chi connectivity index (χ2v) is 12.2. The van der Waals surface area contributed by atoms with Gasteiger partial charge in [-0.3, -0.25) is 0 Å². The third kappa shape index (κ3) is 4.48. The van der Waals surface area contributed by atoms with Gasteiger partial charge >= 0.3 is 6.01 Å². The van der Waals surface area contributed by atoms with Crippen molar-refractivity contribution in [3.63, 3.8) is 0 Å². The second kappa shape index (κ2) is 9.73. The molecule has 4 aliphatic heterocycles. The minimum absolute atomic E-state index is 0.465. The number of likely N-dealkylation sites (tertiary alicyclic amines) is 1. The van der Waals surface area contributed by atoms with Crippen molar-refractivity contribution in [1.82, 2.24) is 20.2 Å². The lowest BCUT2D eigenvalue weighted by Gasteiger charge is -2.38. The lowest BCUT2D eigenvalue weighted by Crippen LogP contribution is -2.52. The third-order valence-electron chi connectivity index (χ3n) is 9.71. The van der Waals surface area contributed by atoms with Crippen LogP contribution in [-0.2, 0) is 19.4 Å². The van der Waals surface area contributed by atoms with E-state index in [0.717, 1.165) is 50.7 Å². The first kappa shape index (κ1) is 23.7. The summed E-state index contributed by atoms with van der Waals surface area (Å²) in [7, 11) is 2.20. The van der Waals surface area contributed by atoms with E-state index >= 15 is 0 Å². The van der Waals surface area contributed by atoms with Crippen LogP contribution in [0.4, 0.5) is 11.5 Å². The molecule has 5 aliphatic rings. The Kier molecular flexibility index (Phi) is 6.24. The molecule has 5 heterocycles. The van der Waals surface area contributed by atoms with E-state index in [1.807, 2.05) is 0 Å². The van der Waals surface area contributed by atoms with Crippen LogP contribution in [0.3, 0.4) is 0 Å². The molecule has 7 rings (SSSR count). The summed E-state index contributed by atoms with van der Waals surface area (Å²) in [6, 6.07) is 9.15. The number of benzene rings is 1. The van der Waals surface area contributed by atoms with Gasteiger partial charge in [-0.25, -0.2) is 0 Å². The molecule has 1 aromatic heterocycles. The maximum Gasteiger partial charge on any atom is 0.318 e. The van der Waals surface area contributed by atoms with E-state index in [0.29, 0.717) is 36.7 Å². The van der Waals surface area contributed by atoms with Crippen molar-refractivity contribution in [2.45, 2.75) is 88.9 Å². The Labute approximate surface area is 221 Å². The molecule has 4 atom stereocenters. The highest BCUT2D eigenvalue weighted by Crippen LogP contribution is 2.40. The van der Waals surface area contributed by atoms with Crippen LogP contribution in [0.1, 0.15) is 73.8 Å². The molecule has 0 saturated carbocycles. The number of aryl methyl sites for hydroxylation is 1. The lowest BCUT2D eigenvalue weighted by molar-refractivity contribution is 0.187. The van der Waals surface area contributed by atoms with Crippen LogP contribution in [0.2, 0.25) is 0 Å². The molecule has 3 fully saturated rings. The summed E-state index contributed by atoms with van der Waals surface area (Å²) in [6.45, 7) is 8.18. The average molecular weight is 503 g/mol. The van der Waals surface area contributed by atoms with Gasteiger partial charge in [-0.05, 0) is 88.1 Å². The summed E-state index contributed by atoms with van der Waals surface area (Å²) in [5, 5.41) is 3.78. The zero-order valence-electron chi connectivity index (χ0n) is 22.6. The normalized spacial score (nSPS) is 29.4. The van der Waals surface area contributed by atoms with E-state index in [1.54, 1.807) is 11.1 Å². The standard InChI is InChI=1S/C30H42N6O/c1-20-6-3-7-21-8-4-10-27(28(20)21)35-15-13-25-26(18-35)32-30(37-19-24-9-5-14-34(24)2)33-29(25)36-16-22-11-12-23(17-36)31-22/h4,8,10,20,22-24,31H,3,5-7,9,11-19H2,1-2H3/t20?,22?,23?,24-/m0/s1. The van der Waals surface area contributed by atoms with Gasteiger partial charge in [-0.1, -0.05) is 19.1 Å². The van der Waals surface area contributed by atoms with Gasteiger partial charge < -0.3 is 24.8 Å². The van der Waals surface area contributed by atoms with Crippen LogP contribution >= 0.6 is 0 Å². The number of fused-ring (bicyclic) bond motifs is 4. The van der Waals surface area contributed by atoms with E-state index < -0.39 is 0 Å². The van der Waals surface area contributed by atoms with Crippen LogP contribution in [0.5, 0.6) is 6.01 Å². The number of likely N-dealkylation sites (N-methyl/N-ethyl adjacent to an activating group) is 1. The second-order valence-electron chi connectivity index (χ2n) is 12.2. The van der Waals surface area contributed by atoms with Crippen molar-refractivity contribution in [3.05, 3.63) is 40.6 Å². The molecule has 7 nitrogen and oxygen atoms in total. The fourth-order valence-electron chi connectivity index (χ4n) is 7.66. The van der Waals surface area contributed by atoms with E-state index in [2.05, 4.69) is 52.2 Å². The summed E-state index contributed by atoms with van der Waals surface area (Å²) < 4.78 is 6.35. The molecule has 0 amide bonds. The molecule has 37 heavy (non-hydrogen) atoms. The van der Waals surface area contributed by atoms with Gasteiger partial charge in [0.2, 0.25) is 0 Å². The highest BCUT2D eigenvalue weighted by Gasteiger charge is 2.36. The Hall–Kier alpha value is -2.38. The highest BCUT2D eigenvalue weighted by atomic mass is 16.5. The molecule has 7 heteroatoms. The maximum atomic E-state index is 6.35. The van der Waals surface area contributed by atoms with Crippen LogP contribution in [0, 0.1) is 0 Å². The lowest BCUT2D eigenvalue weighted by atomic mass is 9.82. The molecule has 3 unspecified atom stereocenters. The largest absolute Gasteiger partial charge is 0.462 e. The highest BCUT2D eigenvalue weighted by molar-refractivity contribution is 5.62. The first-order valence-electron chi connectivity index (χ1n) is 14.7. The number of nitrogens with one attached hydrogen (secondary N) is 1. The molecular weight excluding hydrogens is 460 g/mol. The van der Waals surface area contributed by atoms with Gasteiger partial charge in [0.25, 0.3) is 0 Å². The maximum absolute atomic E-state index is 6.35. The van der Waals surface area contributed by atoms with Crippen molar-refractivity contribution >= 4 is 11.5 Å². The summed E-state index contributed by atoms with van der Waals surface area (Å²) in [5.41, 5.74) is 7.06. The van der Waals surface area contributed by atoms with Crippen molar-refractivity contribution in [1.29, 1.82) is 0 Å². The van der Waals surface area contributed by atoms with Gasteiger partial charge in [0.15, 0.2) is 0 Å². The van der Waals surface area contributed by atoms with Crippen molar-refractivity contribution in [3.8, 4) is 6.01 Å². The van der Waals surface area contributed by atoms with Gasteiger partial charge in [-0.15, -0.1) is 0 Å². The summed E-state index contributed by atoms with van der Waals surface area (Å²) in [6.07, 6.45) is 9.80. The van der Waals surface area contributed by atoms with Crippen LogP contribution in [0.25, 0.3) is 0 Å². The zero-order valence-corrected chi connectivity index (χ0v) is 22.6. The summed E-state index contributed by atoms with van der Waals surface area (Å²) in [4.78, 5) is 17.7. The Morgan fingerprint density at radius 2 is 1.84 bits per heavy atom. The Bertz CT molecular complexity index is 1140. The number of rotatable bonds is 5. The molecule has 0 radical (unpaired) electrons. The van der Waals surface area contributed by atoms with Crippen molar-refractivity contribution in [2.75, 3.05) is 49.6 Å². The predicted molar refractivity (Wildman–Crippen MR) is 148 cm³/mol. The Balaban J connectivity index is 1.21. The van der Waals surface area contributed by atoms with E-state index in [9.17, 15) is 0 Å². The fraction of sp³-hybridized carbons (Fsp3) is 0.667. The van der Waals surface area contributed by atoms with E-state index in [-0.39, 0.29) is 0 Å². The van der Waals surface area contributed by atoms with Crippen LogP contribution in [-0.4, -0.2) is 72.8 Å². The first-order chi connectivity index (χ1) is 18.1. The van der Waals surface area contributed by atoms with Crippen LogP contribution < -0.4 is 19.9 Å². The molecule has 1 aromatic carbocycles. The molecule has 198 valence electrons. The minimum Gasteiger partial charge on any atom is -0.462 e. The van der Waals surface area contributed by atoms with Gasteiger partial charge in [0.05, 0.1) is 12.2 Å². The molecule has 1 aliphatic carbocycles. The monoisotopic (exact) mass is 502 g/mol. The molecule has 1 N–H and O–H groups in total.